The lowest BCUT2D eigenvalue weighted by Gasteiger charge is -2.12. The van der Waals surface area contributed by atoms with Crippen molar-refractivity contribution in [2.24, 2.45) is 0 Å². The van der Waals surface area contributed by atoms with Crippen molar-refractivity contribution in [1.29, 1.82) is 0 Å². The van der Waals surface area contributed by atoms with E-state index in [4.69, 9.17) is 0 Å². The second kappa shape index (κ2) is 9.05. The largest absolute Gasteiger partial charge is 0.350 e. The van der Waals surface area contributed by atoms with Gasteiger partial charge in [0.1, 0.15) is 22.9 Å². The fourth-order valence-corrected chi connectivity index (χ4v) is 4.66. The van der Waals surface area contributed by atoms with Crippen LogP contribution in [0.5, 0.6) is 0 Å². The van der Waals surface area contributed by atoms with Gasteiger partial charge in [0, 0.05) is 12.6 Å². The zero-order valence-electron chi connectivity index (χ0n) is 16.7. The molecule has 0 saturated heterocycles. The lowest BCUT2D eigenvalue weighted by molar-refractivity contribution is -0.121. The number of halogens is 2. The predicted octanol–water partition coefficient (Wildman–Crippen LogP) is 2.93. The molecule has 0 atom stereocenters. The highest BCUT2D eigenvalue weighted by molar-refractivity contribution is 8.00. The summed E-state index contributed by atoms with van der Waals surface area (Å²) in [6.45, 7) is -0.547. The maximum atomic E-state index is 13.4. The Morgan fingerprint density at radius 2 is 1.81 bits per heavy atom. The molecular formula is C21H16F2N4O3S2. The highest BCUT2D eigenvalue weighted by atomic mass is 32.2. The minimum atomic E-state index is -0.755. The molecule has 1 amide bonds. The number of benzene rings is 2. The average molecular weight is 475 g/mol. The number of rotatable bonds is 6. The first kappa shape index (κ1) is 21.9. The Morgan fingerprint density at radius 1 is 1.12 bits per heavy atom. The van der Waals surface area contributed by atoms with E-state index in [0.717, 1.165) is 38.7 Å². The molecule has 4 aromatic rings. The zero-order valence-corrected chi connectivity index (χ0v) is 18.3. The van der Waals surface area contributed by atoms with E-state index in [1.54, 1.807) is 36.6 Å². The number of amides is 1. The van der Waals surface area contributed by atoms with Crippen molar-refractivity contribution < 1.29 is 13.6 Å². The van der Waals surface area contributed by atoms with Crippen molar-refractivity contribution in [3.63, 3.8) is 0 Å². The number of nitrogens with zero attached hydrogens (tertiary/aromatic N) is 3. The summed E-state index contributed by atoms with van der Waals surface area (Å²) < 4.78 is 29.7. The number of thiazole rings is 1. The minimum absolute atomic E-state index is 0.119. The van der Waals surface area contributed by atoms with Gasteiger partial charge in [-0.2, -0.15) is 0 Å². The number of thioether (sulfide) groups is 1. The molecule has 0 radical (unpaired) electrons. The predicted molar refractivity (Wildman–Crippen MR) is 119 cm³/mol. The third-order valence-corrected chi connectivity index (χ3v) is 6.59. The standard InChI is InChI=1S/C21H16F2N4O3S2/c1-31-20-25-18-17(32-20)19(29)27(15-5-3-2-4-6-15)21(30)26(18)11-16(28)24-10-12-7-13(22)9-14(23)8-12/h2-9H,10-11H2,1H3,(H,24,28). The van der Waals surface area contributed by atoms with Gasteiger partial charge in [-0.15, -0.1) is 11.3 Å². The normalized spacial score (nSPS) is 11.1. The van der Waals surface area contributed by atoms with Gasteiger partial charge in [-0.05, 0) is 36.1 Å². The molecule has 2 aromatic heterocycles. The van der Waals surface area contributed by atoms with Crippen LogP contribution < -0.4 is 16.6 Å². The smallest absolute Gasteiger partial charge is 0.337 e. The molecule has 2 aromatic carbocycles. The highest BCUT2D eigenvalue weighted by Crippen LogP contribution is 2.25. The molecular weight excluding hydrogens is 458 g/mol. The third-order valence-electron chi connectivity index (χ3n) is 4.57. The van der Waals surface area contributed by atoms with Crippen LogP contribution in [0.4, 0.5) is 8.78 Å². The Hall–Kier alpha value is -3.31. The summed E-state index contributed by atoms with van der Waals surface area (Å²) in [6, 6.07) is 11.3. The van der Waals surface area contributed by atoms with Gasteiger partial charge in [0.25, 0.3) is 5.56 Å². The van der Waals surface area contributed by atoms with Crippen molar-refractivity contribution in [1.82, 2.24) is 19.4 Å². The van der Waals surface area contributed by atoms with Crippen molar-refractivity contribution in [2.45, 2.75) is 17.4 Å². The van der Waals surface area contributed by atoms with Crippen LogP contribution in [-0.4, -0.2) is 26.3 Å². The van der Waals surface area contributed by atoms with Crippen molar-refractivity contribution in [2.75, 3.05) is 6.26 Å². The molecule has 0 saturated carbocycles. The van der Waals surface area contributed by atoms with Gasteiger partial charge in [0.15, 0.2) is 9.99 Å². The molecule has 164 valence electrons. The molecule has 0 aliphatic rings. The molecule has 1 N–H and O–H groups in total. The first-order valence-electron chi connectivity index (χ1n) is 9.35. The fourth-order valence-electron chi connectivity index (χ4n) is 3.16. The van der Waals surface area contributed by atoms with Crippen molar-refractivity contribution in [3.05, 3.63) is 86.6 Å². The minimum Gasteiger partial charge on any atom is -0.350 e. The Bertz CT molecular complexity index is 1410. The third kappa shape index (κ3) is 4.34. The summed E-state index contributed by atoms with van der Waals surface area (Å²) in [5.74, 6) is -2.08. The van der Waals surface area contributed by atoms with Gasteiger partial charge >= 0.3 is 5.69 Å². The lowest BCUT2D eigenvalue weighted by Crippen LogP contribution is -2.41. The summed E-state index contributed by atoms with van der Waals surface area (Å²) in [6.07, 6.45) is 1.79. The first-order chi connectivity index (χ1) is 15.4. The van der Waals surface area contributed by atoms with E-state index in [2.05, 4.69) is 10.3 Å². The van der Waals surface area contributed by atoms with E-state index < -0.39 is 35.3 Å². The second-order valence-corrected chi connectivity index (χ2v) is 8.79. The van der Waals surface area contributed by atoms with Gasteiger partial charge < -0.3 is 5.32 Å². The molecule has 0 fully saturated rings. The van der Waals surface area contributed by atoms with Gasteiger partial charge in [-0.25, -0.2) is 23.1 Å². The van der Waals surface area contributed by atoms with E-state index in [-0.39, 0.29) is 22.5 Å². The Balaban J connectivity index is 1.72. The summed E-state index contributed by atoms with van der Waals surface area (Å²) >= 11 is 2.46. The maximum absolute atomic E-state index is 13.4. The molecule has 0 unspecified atom stereocenters. The summed E-state index contributed by atoms with van der Waals surface area (Å²) in [4.78, 5) is 43.2. The number of aromatic nitrogens is 3. The number of fused-ring (bicyclic) bond motifs is 1. The van der Waals surface area contributed by atoms with E-state index in [9.17, 15) is 23.2 Å². The van der Waals surface area contributed by atoms with Crippen LogP contribution in [0.25, 0.3) is 16.0 Å². The molecule has 0 spiro atoms. The van der Waals surface area contributed by atoms with E-state index in [1.807, 2.05) is 0 Å². The topological polar surface area (TPSA) is 86.0 Å². The molecule has 4 rings (SSSR count). The molecule has 7 nitrogen and oxygen atoms in total. The van der Waals surface area contributed by atoms with E-state index >= 15 is 0 Å². The van der Waals surface area contributed by atoms with Crippen LogP contribution >= 0.6 is 23.1 Å². The van der Waals surface area contributed by atoms with Gasteiger partial charge in [0.2, 0.25) is 5.91 Å². The monoisotopic (exact) mass is 474 g/mol. The number of hydrogen-bond donors (Lipinski definition) is 1. The summed E-state index contributed by atoms with van der Waals surface area (Å²) in [7, 11) is 0. The second-order valence-electron chi connectivity index (χ2n) is 6.74. The van der Waals surface area contributed by atoms with Crippen LogP contribution in [-0.2, 0) is 17.9 Å². The van der Waals surface area contributed by atoms with Crippen LogP contribution in [0, 0.1) is 11.6 Å². The van der Waals surface area contributed by atoms with Crippen LogP contribution in [0.3, 0.4) is 0 Å². The quantitative estimate of drug-likeness (QED) is 0.435. The number of para-hydroxylation sites is 1. The Labute approximate surface area is 188 Å². The summed E-state index contributed by atoms with van der Waals surface area (Å²) in [5, 5.41) is 2.54. The van der Waals surface area contributed by atoms with Crippen molar-refractivity contribution >= 4 is 39.4 Å². The number of carbonyl (C=O) groups is 1. The Morgan fingerprint density at radius 3 is 2.47 bits per heavy atom. The van der Waals surface area contributed by atoms with Crippen LogP contribution in [0.2, 0.25) is 0 Å². The SMILES string of the molecule is CSc1nc2c(s1)c(=O)n(-c1ccccc1)c(=O)n2CC(=O)NCc1cc(F)cc(F)c1. The average Bonchev–Trinajstić information content (AvgIpc) is 3.20. The maximum Gasteiger partial charge on any atom is 0.337 e. The molecule has 0 aliphatic carbocycles. The zero-order chi connectivity index (χ0) is 22.8. The fraction of sp³-hybridized carbons (Fsp3) is 0.143. The van der Waals surface area contributed by atoms with Gasteiger partial charge in [-0.1, -0.05) is 30.0 Å². The van der Waals surface area contributed by atoms with Gasteiger partial charge in [-0.3, -0.25) is 14.2 Å². The number of nitrogens with one attached hydrogen (secondary N) is 1. The highest BCUT2D eigenvalue weighted by Gasteiger charge is 2.20. The number of hydrogen-bond acceptors (Lipinski definition) is 6. The summed E-state index contributed by atoms with van der Waals surface area (Å²) in [5.41, 5.74) is -0.498. The molecule has 2 heterocycles. The molecule has 0 bridgehead atoms. The first-order valence-corrected chi connectivity index (χ1v) is 11.4. The van der Waals surface area contributed by atoms with Gasteiger partial charge in [0.05, 0.1) is 5.69 Å². The number of carbonyl (C=O) groups excluding carboxylic acids is 1. The molecule has 11 heteroatoms. The lowest BCUT2D eigenvalue weighted by atomic mass is 10.2. The van der Waals surface area contributed by atoms with E-state index in [1.165, 1.54) is 11.8 Å². The molecule has 0 aliphatic heterocycles. The molecule has 32 heavy (non-hydrogen) atoms. The van der Waals surface area contributed by atoms with E-state index in [0.29, 0.717) is 10.0 Å². The van der Waals surface area contributed by atoms with Crippen LogP contribution in [0.1, 0.15) is 5.56 Å². The van der Waals surface area contributed by atoms with Crippen LogP contribution in [0.15, 0.2) is 62.5 Å². The van der Waals surface area contributed by atoms with Crippen molar-refractivity contribution in [3.8, 4) is 5.69 Å². The Kier molecular flexibility index (Phi) is 6.19.